The molecule has 0 radical (unpaired) electrons. The molecule has 112 valence electrons. The second kappa shape index (κ2) is 8.28. The molecule has 0 spiro atoms. The van der Waals surface area contributed by atoms with E-state index >= 15 is 0 Å². The lowest BCUT2D eigenvalue weighted by Gasteiger charge is -2.27. The molecule has 1 atom stereocenters. The predicted octanol–water partition coefficient (Wildman–Crippen LogP) is 5.11. The van der Waals surface area contributed by atoms with Crippen LogP contribution in [0.1, 0.15) is 70.3 Å². The number of pyridine rings is 1. The molecule has 0 aliphatic carbocycles. The van der Waals surface area contributed by atoms with Crippen LogP contribution < -0.4 is 4.90 Å². The van der Waals surface area contributed by atoms with Gasteiger partial charge in [0.2, 0.25) is 0 Å². The zero-order valence-electron chi connectivity index (χ0n) is 13.3. The van der Waals surface area contributed by atoms with E-state index < -0.39 is 0 Å². The van der Waals surface area contributed by atoms with E-state index in [4.69, 9.17) is 0 Å². The lowest BCUT2D eigenvalue weighted by Crippen LogP contribution is -2.30. The summed E-state index contributed by atoms with van der Waals surface area (Å²) in [4.78, 5) is 7.16. The van der Waals surface area contributed by atoms with Gasteiger partial charge in [0.15, 0.2) is 0 Å². The van der Waals surface area contributed by atoms with E-state index in [1.165, 1.54) is 75.7 Å². The van der Waals surface area contributed by atoms with E-state index in [1.807, 2.05) is 12.3 Å². The summed E-state index contributed by atoms with van der Waals surface area (Å²) in [6, 6.07) is 4.95. The van der Waals surface area contributed by atoms with Crippen LogP contribution in [0.3, 0.4) is 0 Å². The van der Waals surface area contributed by atoms with Crippen molar-refractivity contribution in [1.29, 1.82) is 0 Å². The van der Waals surface area contributed by atoms with Gasteiger partial charge in [-0.2, -0.15) is 0 Å². The van der Waals surface area contributed by atoms with Crippen LogP contribution in [0.25, 0.3) is 0 Å². The molecule has 0 bridgehead atoms. The number of nitrogens with zero attached hydrogens (tertiary/aromatic N) is 2. The smallest absolute Gasteiger partial charge is 0.131 e. The van der Waals surface area contributed by atoms with Crippen LogP contribution in [0.2, 0.25) is 0 Å². The van der Waals surface area contributed by atoms with Crippen molar-refractivity contribution in [2.75, 3.05) is 11.4 Å². The predicted molar refractivity (Wildman–Crippen MR) is 87.3 cm³/mol. The molecule has 0 saturated carbocycles. The Hall–Kier alpha value is -1.05. The lowest BCUT2D eigenvalue weighted by molar-refractivity contribution is 0.531. The van der Waals surface area contributed by atoms with Gasteiger partial charge in [0.1, 0.15) is 5.82 Å². The summed E-state index contributed by atoms with van der Waals surface area (Å²) in [7, 11) is 0. The molecular formula is C18H30N2. The molecule has 2 heterocycles. The fraction of sp³-hybridized carbons (Fsp3) is 0.722. The molecule has 1 aromatic rings. The number of aryl methyl sites for hydroxylation is 1. The Kier molecular flexibility index (Phi) is 6.35. The Balaban J connectivity index is 1.78. The first-order valence-electron chi connectivity index (χ1n) is 8.51. The Labute approximate surface area is 124 Å². The first-order chi connectivity index (χ1) is 9.83. The molecule has 2 rings (SSSR count). The van der Waals surface area contributed by atoms with Crippen molar-refractivity contribution >= 4 is 5.82 Å². The summed E-state index contributed by atoms with van der Waals surface area (Å²) in [5.74, 6) is 1.22. The summed E-state index contributed by atoms with van der Waals surface area (Å²) in [5.41, 5.74) is 1.32. The minimum atomic E-state index is 0.731. The van der Waals surface area contributed by atoms with Crippen LogP contribution in [-0.2, 0) is 0 Å². The van der Waals surface area contributed by atoms with Gasteiger partial charge < -0.3 is 4.90 Å². The lowest BCUT2D eigenvalue weighted by atomic mass is 10.0. The molecule has 1 saturated heterocycles. The number of anilines is 1. The summed E-state index contributed by atoms with van der Waals surface area (Å²) in [6.07, 6.45) is 14.3. The van der Waals surface area contributed by atoms with E-state index in [2.05, 4.69) is 29.8 Å². The first kappa shape index (κ1) is 15.3. The number of hydrogen-bond acceptors (Lipinski definition) is 2. The van der Waals surface area contributed by atoms with Crippen molar-refractivity contribution in [2.45, 2.75) is 77.7 Å². The molecule has 1 fully saturated rings. The molecule has 2 nitrogen and oxygen atoms in total. The summed E-state index contributed by atoms with van der Waals surface area (Å²) in [6.45, 7) is 5.66. The quantitative estimate of drug-likeness (QED) is 0.612. The van der Waals surface area contributed by atoms with Gasteiger partial charge in [0.05, 0.1) is 0 Å². The maximum absolute atomic E-state index is 4.61. The highest BCUT2D eigenvalue weighted by Crippen LogP contribution is 2.29. The fourth-order valence-corrected chi connectivity index (χ4v) is 3.35. The second-order valence-corrected chi connectivity index (χ2v) is 6.19. The van der Waals surface area contributed by atoms with E-state index in [0.717, 1.165) is 6.04 Å². The van der Waals surface area contributed by atoms with Crippen LogP contribution in [-0.4, -0.2) is 17.6 Å². The minimum Gasteiger partial charge on any atom is -0.353 e. The molecule has 1 unspecified atom stereocenters. The molecular weight excluding hydrogens is 244 g/mol. The van der Waals surface area contributed by atoms with Gasteiger partial charge in [-0.1, -0.05) is 51.5 Å². The average Bonchev–Trinajstić information content (AvgIpc) is 2.91. The molecule has 0 aromatic carbocycles. The normalized spacial score (nSPS) is 18.7. The fourth-order valence-electron chi connectivity index (χ4n) is 3.35. The summed E-state index contributed by atoms with van der Waals surface area (Å²) >= 11 is 0. The Morgan fingerprint density at radius 1 is 1.20 bits per heavy atom. The SMILES string of the molecule is CCCCCCCCC1CCCN1c1ncccc1C. The van der Waals surface area contributed by atoms with Crippen LogP contribution in [0.5, 0.6) is 0 Å². The molecule has 1 aromatic heterocycles. The van der Waals surface area contributed by atoms with Crippen LogP contribution >= 0.6 is 0 Å². The third kappa shape index (κ3) is 4.22. The van der Waals surface area contributed by atoms with Gasteiger partial charge in [-0.25, -0.2) is 4.98 Å². The van der Waals surface area contributed by atoms with Gasteiger partial charge in [0.25, 0.3) is 0 Å². The van der Waals surface area contributed by atoms with E-state index in [9.17, 15) is 0 Å². The first-order valence-corrected chi connectivity index (χ1v) is 8.51. The Morgan fingerprint density at radius 3 is 2.80 bits per heavy atom. The van der Waals surface area contributed by atoms with Crippen molar-refractivity contribution in [3.63, 3.8) is 0 Å². The van der Waals surface area contributed by atoms with Crippen molar-refractivity contribution in [3.05, 3.63) is 23.9 Å². The summed E-state index contributed by atoms with van der Waals surface area (Å²) in [5, 5.41) is 0. The van der Waals surface area contributed by atoms with Crippen molar-refractivity contribution in [2.24, 2.45) is 0 Å². The number of aromatic nitrogens is 1. The average molecular weight is 274 g/mol. The maximum atomic E-state index is 4.61. The third-order valence-electron chi connectivity index (χ3n) is 4.52. The van der Waals surface area contributed by atoms with Crippen molar-refractivity contribution < 1.29 is 0 Å². The molecule has 0 N–H and O–H groups in total. The third-order valence-corrected chi connectivity index (χ3v) is 4.52. The molecule has 1 aliphatic rings. The largest absolute Gasteiger partial charge is 0.353 e. The van der Waals surface area contributed by atoms with E-state index in [0.29, 0.717) is 0 Å². The monoisotopic (exact) mass is 274 g/mol. The number of hydrogen-bond donors (Lipinski definition) is 0. The Bertz CT molecular complexity index is 389. The number of unbranched alkanes of at least 4 members (excludes halogenated alkanes) is 5. The van der Waals surface area contributed by atoms with E-state index in [1.54, 1.807) is 0 Å². The topological polar surface area (TPSA) is 16.1 Å². The van der Waals surface area contributed by atoms with Crippen LogP contribution in [0, 0.1) is 6.92 Å². The molecule has 0 amide bonds. The van der Waals surface area contributed by atoms with E-state index in [-0.39, 0.29) is 0 Å². The number of rotatable bonds is 8. The standard InChI is InChI=1S/C18H30N2/c1-3-4-5-6-7-8-12-17-13-10-15-20(17)18-16(2)11-9-14-19-18/h9,11,14,17H,3-8,10,12-13,15H2,1-2H3. The van der Waals surface area contributed by atoms with Crippen LogP contribution in [0.15, 0.2) is 18.3 Å². The van der Waals surface area contributed by atoms with Crippen molar-refractivity contribution in [3.8, 4) is 0 Å². The van der Waals surface area contributed by atoms with Crippen molar-refractivity contribution in [1.82, 2.24) is 4.98 Å². The summed E-state index contributed by atoms with van der Waals surface area (Å²) < 4.78 is 0. The zero-order chi connectivity index (χ0) is 14.2. The highest BCUT2D eigenvalue weighted by atomic mass is 15.2. The maximum Gasteiger partial charge on any atom is 0.131 e. The molecule has 20 heavy (non-hydrogen) atoms. The minimum absolute atomic E-state index is 0.731. The van der Waals surface area contributed by atoms with Gasteiger partial charge in [-0.3, -0.25) is 0 Å². The molecule has 1 aliphatic heterocycles. The van der Waals surface area contributed by atoms with Crippen LogP contribution in [0.4, 0.5) is 5.82 Å². The second-order valence-electron chi connectivity index (χ2n) is 6.19. The Morgan fingerprint density at radius 2 is 2.00 bits per heavy atom. The molecule has 2 heteroatoms. The zero-order valence-corrected chi connectivity index (χ0v) is 13.3. The highest BCUT2D eigenvalue weighted by Gasteiger charge is 2.25. The van der Waals surface area contributed by atoms with Gasteiger partial charge in [-0.05, 0) is 37.8 Å². The van der Waals surface area contributed by atoms with Gasteiger partial charge in [0, 0.05) is 18.8 Å². The van der Waals surface area contributed by atoms with Gasteiger partial charge >= 0.3 is 0 Å². The highest BCUT2D eigenvalue weighted by molar-refractivity contribution is 5.47. The van der Waals surface area contributed by atoms with Gasteiger partial charge in [-0.15, -0.1) is 0 Å².